The second-order valence-corrected chi connectivity index (χ2v) is 11.2. The molecule has 0 radical (unpaired) electrons. The van der Waals surface area contributed by atoms with Crippen LogP contribution >= 0.6 is 23.2 Å². The number of nitriles is 1. The maximum atomic E-state index is 15.5. The van der Waals surface area contributed by atoms with E-state index in [1.54, 1.807) is 0 Å². The number of H-pyrrole nitrogens is 1. The van der Waals surface area contributed by atoms with Crippen molar-refractivity contribution in [1.82, 2.24) is 15.6 Å². The third-order valence-electron chi connectivity index (χ3n) is 7.09. The van der Waals surface area contributed by atoms with Crippen LogP contribution in [0.1, 0.15) is 40.9 Å². The van der Waals surface area contributed by atoms with Gasteiger partial charge in [-0.1, -0.05) is 35.7 Å². The number of nitrogens with zero attached hydrogens (tertiary/aromatic N) is 1. The van der Waals surface area contributed by atoms with Crippen LogP contribution in [0.3, 0.4) is 0 Å². The summed E-state index contributed by atoms with van der Waals surface area (Å²) in [5, 5.41) is 17.2. The van der Waals surface area contributed by atoms with Crippen LogP contribution in [0.5, 0.6) is 17.2 Å². The van der Waals surface area contributed by atoms with Crippen molar-refractivity contribution in [3.05, 3.63) is 81.2 Å². The molecule has 0 spiro atoms. The first-order valence-electron chi connectivity index (χ1n) is 14.0. The van der Waals surface area contributed by atoms with Gasteiger partial charge >= 0.3 is 12.1 Å². The number of carbonyl (C=O) groups is 3. The van der Waals surface area contributed by atoms with E-state index >= 15 is 4.39 Å². The number of esters is 1. The average molecular weight is 692 g/mol. The van der Waals surface area contributed by atoms with Gasteiger partial charge < -0.3 is 30.4 Å². The summed E-state index contributed by atoms with van der Waals surface area (Å²) in [7, 11) is 0. The highest BCUT2D eigenvalue weighted by atomic mass is 35.5. The van der Waals surface area contributed by atoms with E-state index in [2.05, 4.69) is 25.7 Å². The highest BCUT2D eigenvalue weighted by Gasteiger charge is 2.42. The number of fused-ring (bicyclic) bond motifs is 1. The Labute approximate surface area is 273 Å². The van der Waals surface area contributed by atoms with Crippen LogP contribution in [0.15, 0.2) is 48.5 Å². The van der Waals surface area contributed by atoms with E-state index in [4.69, 9.17) is 33.2 Å². The molecule has 0 unspecified atom stereocenters. The van der Waals surface area contributed by atoms with E-state index in [1.807, 2.05) is 6.07 Å². The predicted molar refractivity (Wildman–Crippen MR) is 163 cm³/mol. The molecule has 1 saturated heterocycles. The molecule has 4 N–H and O–H groups in total. The number of anilines is 1. The first-order valence-corrected chi connectivity index (χ1v) is 14.7. The monoisotopic (exact) mass is 691 g/mol. The fourth-order valence-corrected chi connectivity index (χ4v) is 5.25. The maximum Gasteiger partial charge on any atom is 0.491 e. The Kier molecular flexibility index (Phi) is 9.90. The summed E-state index contributed by atoms with van der Waals surface area (Å²) in [6, 6.07) is 12.1. The quantitative estimate of drug-likeness (QED) is 0.118. The molecule has 1 aliphatic rings. The molecule has 5 rings (SSSR count). The molecule has 0 bridgehead atoms. The lowest BCUT2D eigenvalue weighted by molar-refractivity contribution is -0.189. The smallest absolute Gasteiger partial charge is 0.453 e. The Morgan fingerprint density at radius 1 is 1.04 bits per heavy atom. The van der Waals surface area contributed by atoms with Crippen molar-refractivity contribution in [3.8, 4) is 23.3 Å². The number of amides is 2. The number of aromatic amines is 1. The number of aromatic nitrogens is 1. The van der Waals surface area contributed by atoms with Crippen LogP contribution in [0.4, 0.5) is 23.2 Å². The summed E-state index contributed by atoms with van der Waals surface area (Å²) < 4.78 is 65.3. The first-order chi connectivity index (χ1) is 22.3. The fraction of sp³-hybridized carbons (Fsp3) is 0.226. The first kappa shape index (κ1) is 33.5. The average Bonchev–Trinajstić information content (AvgIpc) is 3.39. The molecule has 3 aromatic carbocycles. The fourth-order valence-electron chi connectivity index (χ4n) is 4.84. The van der Waals surface area contributed by atoms with Gasteiger partial charge in [0, 0.05) is 28.2 Å². The standard InChI is InChI=1S/C31H23Cl2F4N5O5/c32-17-9-15(13-38)10-19(11-17)46-27-21(33)6-4-16(24(27)34)14-40-29(44)25-26(47-30(45)31(35,36)37)20-12-18(5-7-22(20)42-25)41-28(43)23-3-1-2-8-39-23/h4-7,9-12,23,39,42H,1-3,8,14H2,(H,40,44)(H,41,43)/t23-/m0/s1. The number of ether oxygens (including phenoxy) is 2. The van der Waals surface area contributed by atoms with Gasteiger partial charge in [-0.15, -0.1) is 0 Å². The minimum absolute atomic E-state index is 0.01000. The zero-order chi connectivity index (χ0) is 33.9. The lowest BCUT2D eigenvalue weighted by Gasteiger charge is -2.22. The van der Waals surface area contributed by atoms with Gasteiger partial charge in [-0.25, -0.2) is 9.18 Å². The van der Waals surface area contributed by atoms with Gasteiger partial charge in [0.1, 0.15) is 11.4 Å². The zero-order valence-electron chi connectivity index (χ0n) is 24.0. The molecule has 244 valence electrons. The minimum Gasteiger partial charge on any atom is -0.453 e. The van der Waals surface area contributed by atoms with Crippen LogP contribution in [0, 0.1) is 17.1 Å². The Balaban J connectivity index is 1.41. The van der Waals surface area contributed by atoms with E-state index in [0.717, 1.165) is 12.8 Å². The maximum absolute atomic E-state index is 15.5. The second kappa shape index (κ2) is 13.9. The second-order valence-electron chi connectivity index (χ2n) is 10.4. The number of hydrogen-bond acceptors (Lipinski definition) is 7. The number of halogens is 6. The molecule has 4 aromatic rings. The lowest BCUT2D eigenvalue weighted by Crippen LogP contribution is -2.43. The van der Waals surface area contributed by atoms with Crippen LogP contribution in [0.2, 0.25) is 10.0 Å². The molecule has 2 amide bonds. The summed E-state index contributed by atoms with van der Waals surface area (Å²) in [5.41, 5.74) is -0.262. The van der Waals surface area contributed by atoms with Crippen molar-refractivity contribution >= 4 is 57.6 Å². The van der Waals surface area contributed by atoms with Gasteiger partial charge in [0.15, 0.2) is 17.3 Å². The Morgan fingerprint density at radius 2 is 1.83 bits per heavy atom. The van der Waals surface area contributed by atoms with E-state index in [9.17, 15) is 27.6 Å². The summed E-state index contributed by atoms with van der Waals surface area (Å²) in [6.07, 6.45) is -3.03. The van der Waals surface area contributed by atoms with Crippen LogP contribution < -0.4 is 25.4 Å². The molecule has 0 saturated carbocycles. The van der Waals surface area contributed by atoms with Gasteiger partial charge in [0.2, 0.25) is 5.91 Å². The van der Waals surface area contributed by atoms with Crippen molar-refractivity contribution in [1.29, 1.82) is 5.26 Å². The topological polar surface area (TPSA) is 145 Å². The summed E-state index contributed by atoms with van der Waals surface area (Å²) in [4.78, 5) is 40.4. The molecular formula is C31H23Cl2F4N5O5. The van der Waals surface area contributed by atoms with Gasteiger partial charge in [-0.2, -0.15) is 18.4 Å². The molecule has 0 aliphatic carbocycles. The Morgan fingerprint density at radius 3 is 2.53 bits per heavy atom. The molecule has 2 heterocycles. The molecule has 1 fully saturated rings. The van der Waals surface area contributed by atoms with Gasteiger partial charge in [0.25, 0.3) is 5.91 Å². The third kappa shape index (κ3) is 7.76. The van der Waals surface area contributed by atoms with Gasteiger partial charge in [-0.05, 0) is 61.9 Å². The molecular weight excluding hydrogens is 669 g/mol. The number of nitrogens with one attached hydrogen (secondary N) is 4. The number of carbonyl (C=O) groups excluding carboxylic acids is 3. The van der Waals surface area contributed by atoms with E-state index in [-0.39, 0.29) is 49.4 Å². The van der Waals surface area contributed by atoms with Crippen LogP contribution in [0.25, 0.3) is 10.9 Å². The number of alkyl halides is 3. The normalized spacial score (nSPS) is 14.7. The van der Waals surface area contributed by atoms with Crippen molar-refractivity contribution in [2.75, 3.05) is 11.9 Å². The zero-order valence-corrected chi connectivity index (χ0v) is 25.5. The Bertz CT molecular complexity index is 1920. The highest BCUT2D eigenvalue weighted by Crippen LogP contribution is 2.37. The highest BCUT2D eigenvalue weighted by molar-refractivity contribution is 6.32. The van der Waals surface area contributed by atoms with Crippen molar-refractivity contribution in [2.45, 2.75) is 38.0 Å². The largest absolute Gasteiger partial charge is 0.491 e. The van der Waals surface area contributed by atoms with Crippen molar-refractivity contribution < 1.29 is 41.4 Å². The third-order valence-corrected chi connectivity index (χ3v) is 7.60. The summed E-state index contributed by atoms with van der Waals surface area (Å²) in [6.45, 7) is 0.152. The predicted octanol–water partition coefficient (Wildman–Crippen LogP) is 6.76. The number of rotatable bonds is 8. The molecule has 1 aliphatic heterocycles. The summed E-state index contributed by atoms with van der Waals surface area (Å²) >= 11 is 12.1. The summed E-state index contributed by atoms with van der Waals surface area (Å²) in [5.74, 6) is -6.15. The number of benzene rings is 3. The molecule has 1 atom stereocenters. The SMILES string of the molecule is N#Cc1cc(Cl)cc(Oc2c(Cl)ccc(CNC(=O)c3[nH]c4ccc(NC(=O)[C@@H]5CCCCN5)cc4c3OC(=O)C(F)(F)F)c2F)c1. The number of hydrogen-bond donors (Lipinski definition) is 4. The molecule has 47 heavy (non-hydrogen) atoms. The minimum atomic E-state index is -5.39. The van der Waals surface area contributed by atoms with Crippen molar-refractivity contribution in [2.24, 2.45) is 0 Å². The number of piperidine rings is 1. The van der Waals surface area contributed by atoms with Gasteiger partial charge in [-0.3, -0.25) is 9.59 Å². The molecule has 16 heteroatoms. The van der Waals surface area contributed by atoms with E-state index in [0.29, 0.717) is 13.0 Å². The van der Waals surface area contributed by atoms with Crippen LogP contribution in [-0.4, -0.2) is 41.5 Å². The lowest BCUT2D eigenvalue weighted by atomic mass is 10.0. The van der Waals surface area contributed by atoms with Crippen molar-refractivity contribution in [3.63, 3.8) is 0 Å². The van der Waals surface area contributed by atoms with Crippen LogP contribution in [-0.2, 0) is 16.1 Å². The molecule has 10 nitrogen and oxygen atoms in total. The van der Waals surface area contributed by atoms with Gasteiger partial charge in [0.05, 0.1) is 28.2 Å². The van der Waals surface area contributed by atoms with E-state index in [1.165, 1.54) is 48.5 Å². The van der Waals surface area contributed by atoms with E-state index < -0.39 is 53.6 Å². The molecule has 1 aromatic heterocycles. The Hall–Kier alpha value is -4.84.